The highest BCUT2D eigenvalue weighted by molar-refractivity contribution is 5.73. The second-order valence-corrected chi connectivity index (χ2v) is 6.19. The van der Waals surface area contributed by atoms with Crippen molar-refractivity contribution < 1.29 is 9.90 Å². The summed E-state index contributed by atoms with van der Waals surface area (Å²) in [6, 6.07) is 8.58. The van der Waals surface area contributed by atoms with Crippen LogP contribution < -0.4 is 0 Å². The zero-order valence-electron chi connectivity index (χ0n) is 11.9. The minimum absolute atomic E-state index is 0.287. The van der Waals surface area contributed by atoms with E-state index in [-0.39, 0.29) is 6.04 Å². The van der Waals surface area contributed by atoms with Gasteiger partial charge < -0.3 is 5.11 Å². The molecule has 1 heterocycles. The van der Waals surface area contributed by atoms with E-state index in [9.17, 15) is 9.90 Å². The van der Waals surface area contributed by atoms with Gasteiger partial charge in [-0.1, -0.05) is 37.1 Å². The second kappa shape index (κ2) is 5.96. The Balaban J connectivity index is 1.64. The minimum Gasteiger partial charge on any atom is -0.480 e. The van der Waals surface area contributed by atoms with Crippen LogP contribution in [-0.4, -0.2) is 28.6 Å². The van der Waals surface area contributed by atoms with Crippen LogP contribution in [0.15, 0.2) is 24.3 Å². The average molecular weight is 273 g/mol. The number of hydrogen-bond donors (Lipinski definition) is 1. The van der Waals surface area contributed by atoms with Crippen LogP contribution in [0, 0.1) is 0 Å². The molecule has 20 heavy (non-hydrogen) atoms. The van der Waals surface area contributed by atoms with Gasteiger partial charge in [0.25, 0.3) is 0 Å². The molecule has 1 unspecified atom stereocenters. The number of likely N-dealkylation sites (tertiary alicyclic amines) is 1. The van der Waals surface area contributed by atoms with Gasteiger partial charge >= 0.3 is 5.97 Å². The molecule has 108 valence electrons. The summed E-state index contributed by atoms with van der Waals surface area (Å²) in [5.74, 6) is 0.0766. The molecule has 1 atom stereocenters. The third-order valence-corrected chi connectivity index (χ3v) is 4.84. The molecule has 0 radical (unpaired) electrons. The Morgan fingerprint density at radius 2 is 1.80 bits per heavy atom. The number of carbonyl (C=O) groups is 1. The molecule has 3 rings (SSSR count). The smallest absolute Gasteiger partial charge is 0.320 e. The number of benzene rings is 1. The van der Waals surface area contributed by atoms with Gasteiger partial charge in [-0.2, -0.15) is 0 Å². The van der Waals surface area contributed by atoms with Crippen molar-refractivity contribution in [3.63, 3.8) is 0 Å². The van der Waals surface area contributed by atoms with E-state index >= 15 is 0 Å². The first-order valence-corrected chi connectivity index (χ1v) is 7.80. The van der Waals surface area contributed by atoms with Crippen LogP contribution in [0.2, 0.25) is 0 Å². The van der Waals surface area contributed by atoms with Crippen LogP contribution in [0.3, 0.4) is 0 Å². The monoisotopic (exact) mass is 273 g/mol. The maximum atomic E-state index is 11.2. The summed E-state index contributed by atoms with van der Waals surface area (Å²) in [4.78, 5) is 13.3. The topological polar surface area (TPSA) is 40.5 Å². The standard InChI is InChI=1S/C17H23NO2/c19-17(20)16-6-3-11-18(16)12-13-7-9-15(10-8-13)14-4-1-2-5-14/h7-10,14,16H,1-6,11-12H2,(H,19,20). The van der Waals surface area contributed by atoms with Gasteiger partial charge in [-0.25, -0.2) is 0 Å². The molecule has 1 aromatic rings. The second-order valence-electron chi connectivity index (χ2n) is 6.19. The number of rotatable bonds is 4. The van der Waals surface area contributed by atoms with Crippen molar-refractivity contribution in [1.82, 2.24) is 4.90 Å². The molecule has 1 saturated heterocycles. The molecule has 3 nitrogen and oxygen atoms in total. The first-order chi connectivity index (χ1) is 9.74. The molecule has 2 fully saturated rings. The van der Waals surface area contributed by atoms with Crippen molar-refractivity contribution in [3.05, 3.63) is 35.4 Å². The van der Waals surface area contributed by atoms with Crippen LogP contribution in [0.4, 0.5) is 0 Å². The lowest BCUT2D eigenvalue weighted by Crippen LogP contribution is -2.35. The predicted molar refractivity (Wildman–Crippen MR) is 78.7 cm³/mol. The van der Waals surface area contributed by atoms with Crippen molar-refractivity contribution in [3.8, 4) is 0 Å². The highest BCUT2D eigenvalue weighted by Crippen LogP contribution is 2.34. The van der Waals surface area contributed by atoms with Gasteiger partial charge in [0.2, 0.25) is 0 Å². The molecule has 1 saturated carbocycles. The summed E-state index contributed by atoms with van der Waals surface area (Å²) < 4.78 is 0. The molecule has 1 aliphatic heterocycles. The quantitative estimate of drug-likeness (QED) is 0.914. The van der Waals surface area contributed by atoms with Gasteiger partial charge in [0, 0.05) is 6.54 Å². The maximum absolute atomic E-state index is 11.2. The van der Waals surface area contributed by atoms with Gasteiger partial charge in [-0.15, -0.1) is 0 Å². The minimum atomic E-state index is -0.676. The summed E-state index contributed by atoms with van der Waals surface area (Å²) in [6.07, 6.45) is 7.16. The first kappa shape index (κ1) is 13.6. The molecule has 1 aliphatic carbocycles. The molecule has 2 aliphatic rings. The third-order valence-electron chi connectivity index (χ3n) is 4.84. The zero-order valence-corrected chi connectivity index (χ0v) is 11.9. The van der Waals surface area contributed by atoms with Gasteiger partial charge in [0.05, 0.1) is 0 Å². The molecule has 0 aromatic heterocycles. The highest BCUT2D eigenvalue weighted by Gasteiger charge is 2.30. The summed E-state index contributed by atoms with van der Waals surface area (Å²) in [6.45, 7) is 1.67. The number of hydrogen-bond acceptors (Lipinski definition) is 2. The lowest BCUT2D eigenvalue weighted by atomic mass is 9.96. The molecule has 1 aromatic carbocycles. The Morgan fingerprint density at radius 3 is 2.45 bits per heavy atom. The average Bonchev–Trinajstić information content (AvgIpc) is 3.10. The van der Waals surface area contributed by atoms with Crippen LogP contribution in [0.5, 0.6) is 0 Å². The van der Waals surface area contributed by atoms with Crippen molar-refractivity contribution in [2.45, 2.75) is 57.0 Å². The van der Waals surface area contributed by atoms with Crippen LogP contribution >= 0.6 is 0 Å². The van der Waals surface area contributed by atoms with E-state index in [2.05, 4.69) is 29.2 Å². The number of carboxylic acids is 1. The van der Waals surface area contributed by atoms with Gasteiger partial charge in [-0.3, -0.25) is 9.69 Å². The van der Waals surface area contributed by atoms with Crippen LogP contribution in [0.1, 0.15) is 55.6 Å². The van der Waals surface area contributed by atoms with Crippen molar-refractivity contribution in [2.75, 3.05) is 6.54 Å². The summed E-state index contributed by atoms with van der Waals surface area (Å²) in [5, 5.41) is 9.21. The fourth-order valence-corrected chi connectivity index (χ4v) is 3.68. The highest BCUT2D eigenvalue weighted by atomic mass is 16.4. The SMILES string of the molecule is O=C(O)C1CCCN1Cc1ccc(C2CCCC2)cc1. The molecule has 0 bridgehead atoms. The Bertz CT molecular complexity index is 462. The predicted octanol–water partition coefficient (Wildman–Crippen LogP) is 3.39. The zero-order chi connectivity index (χ0) is 13.9. The molecule has 3 heteroatoms. The first-order valence-electron chi connectivity index (χ1n) is 7.80. The van der Waals surface area contributed by atoms with E-state index in [0.29, 0.717) is 0 Å². The largest absolute Gasteiger partial charge is 0.480 e. The van der Waals surface area contributed by atoms with E-state index in [4.69, 9.17) is 0 Å². The Kier molecular flexibility index (Phi) is 4.06. The van der Waals surface area contributed by atoms with Gasteiger partial charge in [0.1, 0.15) is 6.04 Å². The normalized spacial score (nSPS) is 24.3. The summed E-state index contributed by atoms with van der Waals surface area (Å²) in [7, 11) is 0. The van der Waals surface area contributed by atoms with Gasteiger partial charge in [-0.05, 0) is 49.3 Å². The number of nitrogens with zero attached hydrogens (tertiary/aromatic N) is 1. The van der Waals surface area contributed by atoms with Gasteiger partial charge in [0.15, 0.2) is 0 Å². The third kappa shape index (κ3) is 2.88. The van der Waals surface area contributed by atoms with Crippen molar-refractivity contribution in [1.29, 1.82) is 0 Å². The number of carboxylic acid groups (broad SMARTS) is 1. The summed E-state index contributed by atoms with van der Waals surface area (Å²) >= 11 is 0. The van der Waals surface area contributed by atoms with Crippen LogP contribution in [0.25, 0.3) is 0 Å². The van der Waals surface area contributed by atoms with Crippen LogP contribution in [-0.2, 0) is 11.3 Å². The van der Waals surface area contributed by atoms with E-state index in [0.717, 1.165) is 31.8 Å². The molecule has 1 N–H and O–H groups in total. The lowest BCUT2D eigenvalue weighted by molar-refractivity contribution is -0.142. The number of aliphatic carboxylic acids is 1. The fraction of sp³-hybridized carbons (Fsp3) is 0.588. The Morgan fingerprint density at radius 1 is 1.10 bits per heavy atom. The molecular formula is C17H23NO2. The fourth-order valence-electron chi connectivity index (χ4n) is 3.68. The molecule has 0 amide bonds. The lowest BCUT2D eigenvalue weighted by Gasteiger charge is -2.21. The van der Waals surface area contributed by atoms with E-state index in [1.807, 2.05) is 0 Å². The van der Waals surface area contributed by atoms with E-state index in [1.165, 1.54) is 36.8 Å². The summed E-state index contributed by atoms with van der Waals surface area (Å²) in [5.41, 5.74) is 2.70. The Hall–Kier alpha value is -1.35. The van der Waals surface area contributed by atoms with E-state index < -0.39 is 5.97 Å². The maximum Gasteiger partial charge on any atom is 0.320 e. The molecular weight excluding hydrogens is 250 g/mol. The van der Waals surface area contributed by atoms with Crippen molar-refractivity contribution >= 4 is 5.97 Å². The van der Waals surface area contributed by atoms with E-state index in [1.54, 1.807) is 0 Å². The van der Waals surface area contributed by atoms with Crippen molar-refractivity contribution in [2.24, 2.45) is 0 Å². The Labute approximate surface area is 120 Å². The molecule has 0 spiro atoms.